The summed E-state index contributed by atoms with van der Waals surface area (Å²) in [5.41, 5.74) is 4.20. The molecule has 156 valence electrons. The normalized spacial score (nSPS) is 12.0. The van der Waals surface area contributed by atoms with Crippen molar-refractivity contribution in [3.63, 3.8) is 0 Å². The van der Waals surface area contributed by atoms with E-state index in [1.54, 1.807) is 11.8 Å². The van der Waals surface area contributed by atoms with Crippen molar-refractivity contribution in [3.8, 4) is 0 Å². The third-order valence-electron chi connectivity index (χ3n) is 4.94. The lowest BCUT2D eigenvalue weighted by Gasteiger charge is -2.29. The molecule has 5 heteroatoms. The molecule has 0 aliphatic carbocycles. The third-order valence-corrected chi connectivity index (χ3v) is 5.43. The number of nitrogens with zero attached hydrogens (tertiary/aromatic N) is 1. The van der Waals surface area contributed by atoms with Crippen molar-refractivity contribution in [3.05, 3.63) is 69.2 Å². The Morgan fingerprint density at radius 2 is 1.79 bits per heavy atom. The zero-order chi connectivity index (χ0) is 21.6. The van der Waals surface area contributed by atoms with Crippen LogP contribution in [-0.2, 0) is 22.6 Å². The molecular weight excluding hydrogens is 428 g/mol. The van der Waals surface area contributed by atoms with E-state index in [9.17, 15) is 9.59 Å². The predicted molar refractivity (Wildman–Crippen MR) is 122 cm³/mol. The molecule has 0 bridgehead atoms. The molecule has 1 unspecified atom stereocenters. The van der Waals surface area contributed by atoms with E-state index in [-0.39, 0.29) is 18.2 Å². The number of amides is 2. The van der Waals surface area contributed by atoms with Crippen molar-refractivity contribution in [1.29, 1.82) is 0 Å². The number of aryl methyl sites for hydroxylation is 2. The number of halogens is 1. The summed E-state index contributed by atoms with van der Waals surface area (Å²) in [6.07, 6.45) is 0.281. The summed E-state index contributed by atoms with van der Waals surface area (Å²) in [4.78, 5) is 27.7. The minimum Gasteiger partial charge on any atom is -0.354 e. The Labute approximate surface area is 182 Å². The van der Waals surface area contributed by atoms with E-state index in [0.717, 1.165) is 26.7 Å². The first-order valence-electron chi connectivity index (χ1n) is 10.0. The third kappa shape index (κ3) is 7.00. The van der Waals surface area contributed by atoms with Crippen molar-refractivity contribution in [1.82, 2.24) is 10.2 Å². The molecular formula is C24H31BrN2O2. The number of carbonyl (C=O) groups is 2. The fraction of sp³-hybridized carbons (Fsp3) is 0.417. The maximum atomic E-state index is 13.3. The van der Waals surface area contributed by atoms with E-state index < -0.39 is 6.04 Å². The topological polar surface area (TPSA) is 49.4 Å². The molecule has 4 nitrogen and oxygen atoms in total. The monoisotopic (exact) mass is 458 g/mol. The Bertz CT molecular complexity index is 864. The van der Waals surface area contributed by atoms with Crippen LogP contribution < -0.4 is 5.32 Å². The molecule has 2 aromatic rings. The highest BCUT2D eigenvalue weighted by atomic mass is 79.9. The van der Waals surface area contributed by atoms with Crippen molar-refractivity contribution < 1.29 is 9.59 Å². The summed E-state index contributed by atoms with van der Waals surface area (Å²) in [5, 5.41) is 2.96. The van der Waals surface area contributed by atoms with Gasteiger partial charge in [-0.05, 0) is 55.5 Å². The Morgan fingerprint density at radius 3 is 2.45 bits per heavy atom. The minimum atomic E-state index is -0.551. The lowest BCUT2D eigenvalue weighted by atomic mass is 10.0. The van der Waals surface area contributed by atoms with Gasteiger partial charge < -0.3 is 10.2 Å². The highest BCUT2D eigenvalue weighted by Crippen LogP contribution is 2.18. The van der Waals surface area contributed by atoms with Crippen LogP contribution in [0.5, 0.6) is 0 Å². The Balaban J connectivity index is 2.25. The number of carbonyl (C=O) groups excluding carboxylic acids is 2. The smallest absolute Gasteiger partial charge is 0.242 e. The summed E-state index contributed by atoms with van der Waals surface area (Å²) >= 11 is 3.48. The van der Waals surface area contributed by atoms with Crippen LogP contribution in [0, 0.1) is 19.8 Å². The van der Waals surface area contributed by atoms with Gasteiger partial charge in [-0.3, -0.25) is 9.59 Å². The van der Waals surface area contributed by atoms with E-state index in [0.29, 0.717) is 19.0 Å². The van der Waals surface area contributed by atoms with Gasteiger partial charge in [0.05, 0.1) is 6.42 Å². The van der Waals surface area contributed by atoms with E-state index >= 15 is 0 Å². The number of benzene rings is 2. The van der Waals surface area contributed by atoms with Crippen molar-refractivity contribution in [2.75, 3.05) is 6.54 Å². The van der Waals surface area contributed by atoms with Gasteiger partial charge in [0, 0.05) is 17.6 Å². The van der Waals surface area contributed by atoms with Crippen LogP contribution in [0.4, 0.5) is 0 Å². The number of rotatable bonds is 8. The number of hydrogen-bond donors (Lipinski definition) is 1. The molecule has 1 atom stereocenters. The van der Waals surface area contributed by atoms with Gasteiger partial charge in [0.1, 0.15) is 6.04 Å². The average molecular weight is 459 g/mol. The van der Waals surface area contributed by atoms with Gasteiger partial charge in [-0.15, -0.1) is 0 Å². The van der Waals surface area contributed by atoms with Gasteiger partial charge in [-0.1, -0.05) is 65.7 Å². The summed E-state index contributed by atoms with van der Waals surface area (Å²) in [6.45, 7) is 10.9. The molecule has 0 heterocycles. The fourth-order valence-corrected chi connectivity index (χ4v) is 3.57. The second-order valence-electron chi connectivity index (χ2n) is 8.07. The predicted octanol–water partition coefficient (Wildman–Crippen LogP) is 4.80. The van der Waals surface area contributed by atoms with E-state index in [4.69, 9.17) is 0 Å². The fourth-order valence-electron chi connectivity index (χ4n) is 3.12. The molecule has 2 aromatic carbocycles. The van der Waals surface area contributed by atoms with Gasteiger partial charge >= 0.3 is 0 Å². The number of hydrogen-bond acceptors (Lipinski definition) is 2. The lowest BCUT2D eigenvalue weighted by Crippen LogP contribution is -2.48. The maximum Gasteiger partial charge on any atom is 0.242 e. The summed E-state index contributed by atoms with van der Waals surface area (Å²) in [7, 11) is 0. The van der Waals surface area contributed by atoms with Crippen LogP contribution >= 0.6 is 15.9 Å². The molecule has 1 N–H and O–H groups in total. The zero-order valence-electron chi connectivity index (χ0n) is 18.0. The summed E-state index contributed by atoms with van der Waals surface area (Å²) in [5.74, 6) is 0.184. The zero-order valence-corrected chi connectivity index (χ0v) is 19.5. The van der Waals surface area contributed by atoms with Crippen LogP contribution in [-0.4, -0.2) is 29.3 Å². The molecule has 0 aliphatic rings. The van der Waals surface area contributed by atoms with E-state index in [1.807, 2.05) is 56.3 Å². The molecule has 29 heavy (non-hydrogen) atoms. The van der Waals surface area contributed by atoms with Crippen LogP contribution in [0.3, 0.4) is 0 Å². The largest absolute Gasteiger partial charge is 0.354 e. The second kappa shape index (κ2) is 10.6. The minimum absolute atomic E-state index is 0.0501. The van der Waals surface area contributed by atoms with Gasteiger partial charge in [-0.2, -0.15) is 0 Å². The van der Waals surface area contributed by atoms with Gasteiger partial charge in [0.2, 0.25) is 11.8 Å². The molecule has 2 rings (SSSR count). The van der Waals surface area contributed by atoms with Crippen LogP contribution in [0.25, 0.3) is 0 Å². The standard InChI is InChI=1S/C24H31BrN2O2/c1-16(2)14-26-24(29)19(5)27(15-20-7-6-8-22(25)12-20)23(28)13-21-11-17(3)9-10-18(21)4/h6-12,16,19H,13-15H2,1-5H3,(H,26,29). The van der Waals surface area contributed by atoms with E-state index in [1.165, 1.54) is 0 Å². The molecule has 0 fully saturated rings. The molecule has 2 amide bonds. The first-order valence-corrected chi connectivity index (χ1v) is 10.8. The maximum absolute atomic E-state index is 13.3. The highest BCUT2D eigenvalue weighted by molar-refractivity contribution is 9.10. The molecule has 0 radical (unpaired) electrons. The summed E-state index contributed by atoms with van der Waals surface area (Å²) < 4.78 is 0.953. The molecule has 0 aromatic heterocycles. The van der Waals surface area contributed by atoms with Crippen molar-refractivity contribution >= 4 is 27.7 Å². The highest BCUT2D eigenvalue weighted by Gasteiger charge is 2.26. The molecule has 0 saturated carbocycles. The van der Waals surface area contributed by atoms with Crippen LogP contribution in [0.15, 0.2) is 46.9 Å². The van der Waals surface area contributed by atoms with Gasteiger partial charge in [0.25, 0.3) is 0 Å². The average Bonchev–Trinajstić information content (AvgIpc) is 2.66. The lowest BCUT2D eigenvalue weighted by molar-refractivity contribution is -0.140. The first-order chi connectivity index (χ1) is 13.7. The SMILES string of the molecule is Cc1ccc(C)c(CC(=O)N(Cc2cccc(Br)c2)C(C)C(=O)NCC(C)C)c1. The van der Waals surface area contributed by atoms with Crippen molar-refractivity contribution in [2.24, 2.45) is 5.92 Å². The van der Waals surface area contributed by atoms with Gasteiger partial charge in [-0.25, -0.2) is 0 Å². The molecule has 0 aliphatic heterocycles. The summed E-state index contributed by atoms with van der Waals surface area (Å²) in [6, 6.07) is 13.4. The molecule has 0 spiro atoms. The van der Waals surface area contributed by atoms with Crippen molar-refractivity contribution in [2.45, 2.75) is 53.6 Å². The van der Waals surface area contributed by atoms with E-state index in [2.05, 4.69) is 35.1 Å². The number of nitrogens with one attached hydrogen (secondary N) is 1. The first kappa shape index (κ1) is 23.1. The second-order valence-corrected chi connectivity index (χ2v) is 8.99. The van der Waals surface area contributed by atoms with Gasteiger partial charge in [0.15, 0.2) is 0 Å². The van der Waals surface area contributed by atoms with Crippen LogP contribution in [0.2, 0.25) is 0 Å². The van der Waals surface area contributed by atoms with Crippen LogP contribution in [0.1, 0.15) is 43.0 Å². The quantitative estimate of drug-likeness (QED) is 0.617. The Morgan fingerprint density at radius 1 is 1.07 bits per heavy atom. The Hall–Kier alpha value is -2.14. The Kier molecular flexibility index (Phi) is 8.45. The molecule has 0 saturated heterocycles.